The van der Waals surface area contributed by atoms with E-state index in [0.29, 0.717) is 118 Å². The summed E-state index contributed by atoms with van der Waals surface area (Å²) in [4.78, 5) is 68.9. The van der Waals surface area contributed by atoms with E-state index in [-0.39, 0.29) is 111 Å². The molecular weight excluding hydrogens is 2130 g/mol. The van der Waals surface area contributed by atoms with Crippen LogP contribution in [0.3, 0.4) is 0 Å². The minimum absolute atomic E-state index is 0.000625. The first-order valence-electron chi connectivity index (χ1n) is 43.8. The molecule has 0 spiro atoms. The second kappa shape index (κ2) is 47.4. The third kappa shape index (κ3) is 25.8. The van der Waals surface area contributed by atoms with Gasteiger partial charge in [-0.1, -0.05) is 121 Å². The Hall–Kier alpha value is -13.8. The zero-order chi connectivity index (χ0) is 104. The molecule has 0 saturated carbocycles. The Labute approximate surface area is 845 Å². The molecule has 21 nitrogen and oxygen atoms in total. The van der Waals surface area contributed by atoms with Gasteiger partial charge in [-0.15, -0.1) is 0 Å². The van der Waals surface area contributed by atoms with Gasteiger partial charge >= 0.3 is 7.12 Å². The first-order chi connectivity index (χ1) is 67.9. The molecule has 1 aliphatic heterocycles. The minimum atomic E-state index is -0.653. The minimum Gasteiger partial charge on any atom is -0.496 e. The summed E-state index contributed by atoms with van der Waals surface area (Å²) in [5, 5.41) is 8.19. The lowest BCUT2D eigenvalue weighted by Gasteiger charge is -2.32. The molecule has 0 amide bonds. The fourth-order valence-corrected chi connectivity index (χ4v) is 15.9. The molecule has 36 heteroatoms. The second-order valence-corrected chi connectivity index (χ2v) is 36.3. The summed E-state index contributed by atoms with van der Waals surface area (Å²) in [6.07, 6.45) is 1.18. The number of ether oxygens (including phenoxy) is 4. The second-order valence-electron chi connectivity index (χ2n) is 33.5. The number of nitrogens with two attached hydrogens (primary N) is 1. The van der Waals surface area contributed by atoms with E-state index in [1.165, 1.54) is 147 Å². The maximum Gasteiger partial charge on any atom is 0.494 e. The fourth-order valence-electron chi connectivity index (χ4n) is 14.5. The van der Waals surface area contributed by atoms with Crippen LogP contribution in [-0.4, -0.2) is 63.9 Å². The normalized spacial score (nSPS) is 12.2. The van der Waals surface area contributed by atoms with Crippen LogP contribution in [0.1, 0.15) is 98.0 Å². The Bertz CT molecular complexity index is 8050. The summed E-state index contributed by atoms with van der Waals surface area (Å²) in [5.74, 6) is -1.35. The van der Waals surface area contributed by atoms with Gasteiger partial charge in [-0.05, 0) is 274 Å². The Kier molecular flexibility index (Phi) is 35.8. The number of nitrogens with zero attached hydrogens (tertiary/aromatic N) is 3. The summed E-state index contributed by atoms with van der Waals surface area (Å²) in [6, 6.07) is 54.8. The van der Waals surface area contributed by atoms with Crippen molar-refractivity contribution >= 4 is 148 Å². The Morgan fingerprint density at radius 2 is 0.797 bits per heavy atom. The van der Waals surface area contributed by atoms with Crippen molar-refractivity contribution in [1.29, 1.82) is 0 Å². The molecule has 18 aromatic rings. The quantitative estimate of drug-likeness (QED) is 0.0581. The van der Waals surface area contributed by atoms with Crippen molar-refractivity contribution in [2.75, 3.05) is 12.8 Å². The molecule has 11 aromatic carbocycles. The van der Waals surface area contributed by atoms with Crippen LogP contribution < -0.4 is 57.3 Å². The van der Waals surface area contributed by atoms with Crippen LogP contribution in [0.4, 0.5) is 49.7 Å². The molecule has 740 valence electrons. The van der Waals surface area contributed by atoms with E-state index in [4.69, 9.17) is 56.1 Å². The van der Waals surface area contributed by atoms with Crippen LogP contribution in [-0.2, 0) is 20.0 Å². The number of rotatable bonds is 14. The number of halogens is 14. The summed E-state index contributed by atoms with van der Waals surface area (Å²) < 4.78 is 197. The molecule has 3 N–H and O–H groups in total. The summed E-state index contributed by atoms with van der Waals surface area (Å²) in [7, 11) is 0.941. The van der Waals surface area contributed by atoms with Crippen LogP contribution in [0.2, 0.25) is 0 Å². The number of fused-ring (bicyclic) bond motifs is 6. The lowest BCUT2D eigenvalue weighted by atomic mass is 9.79. The SMILES string of the molecule is CC(C)Oc1ccc(-c2[nH]nc3ncnc(N)c23)cc1F.CC(C)Oc1ccc(B2OC(C)(C)C(C)(C)O2)cc1F.CC(C)Oc1ccc(Br)cc1F.COc1cccc2oc(CBr)c(-c3cccc(F)c3)c(=O)c12.Cc1cc(=O)c2c(F)cccc2o1.Cc1oc2cccc(F)c2c(=O)c1-c1cccc(F)c1.Cc1oc2cccc(F)c2c(=O)c1Br.O=c1c(-c2cccc(F)c2)c(CBr)oc2cccc(F)c12. The van der Waals surface area contributed by atoms with Gasteiger partial charge in [-0.3, -0.25) is 29.1 Å². The highest BCUT2D eigenvalue weighted by atomic mass is 79.9. The number of aromatic amines is 1. The molecular formula is C107H90BBr4F10N5O16. The van der Waals surface area contributed by atoms with Crippen LogP contribution in [0.25, 0.3) is 111 Å². The summed E-state index contributed by atoms with van der Waals surface area (Å²) in [6.45, 7) is 23.9. The number of methoxy groups -OCH3 is 1. The first kappa shape index (κ1) is 108. The van der Waals surface area contributed by atoms with Crippen molar-refractivity contribution in [2.45, 2.75) is 130 Å². The van der Waals surface area contributed by atoms with Gasteiger partial charge in [-0.25, -0.2) is 53.9 Å². The molecule has 0 aliphatic carbocycles. The molecule has 7 aromatic heterocycles. The molecule has 1 fully saturated rings. The molecule has 1 aliphatic rings. The Morgan fingerprint density at radius 3 is 1.25 bits per heavy atom. The van der Waals surface area contributed by atoms with Gasteiger partial charge in [-0.2, -0.15) is 5.10 Å². The predicted molar refractivity (Wildman–Crippen MR) is 547 cm³/mol. The standard InChI is InChI=1S/C17H12BrFO3.C16H9BrF2O2.C16H10F2O2.C15H22BFO3.C14H14FN5O.C10H6BrFO2.C10H7FO2.C9H10BrFO/c1-21-12-6-3-7-13-16(12)17(20)15(14(9-18)22-13)10-4-2-5-11(19)8-10;17-8-13-14(9-3-1-4-10(18)7-9)16(20)15-11(19)5-2-6-12(15)21-13;1-9-14(10-4-2-5-11(17)8-10)16(19)15-12(18)6-3-7-13(15)20-9;1-10(2)18-13-8-7-11(9-12(13)17)16-19-14(3,4)15(5,6)20-16;1-7(2)21-10-4-3-8(5-9(10)15)12-11-13(16)17-6-18-14(11)20-19-12;1-5-9(11)10(13)8-6(12)3-2-4-7(8)14-5;1-6-5-8(12)10-7(11)3-2-4-9(10)13-6;1-6(2)12-9-4-3-7(10)5-8(9)11/h2-8H,9H2,1H3;1-7H,8H2;2-8H,1H3;7-10H,1-6H3;3-7H,1-2H3,(H3,16,17,18,19,20);2-4H,1H3;2-5H,1H3;3-6H,1-2H3. The predicted octanol–water partition coefficient (Wildman–Crippen LogP) is 27.2. The van der Waals surface area contributed by atoms with Crippen LogP contribution in [0.5, 0.6) is 23.0 Å². The average Bonchev–Trinajstić information content (AvgIpc) is 1.76. The fraction of sp³-hybridized carbons (Fsp3) is 0.196. The first-order valence-corrected chi connectivity index (χ1v) is 47.6. The van der Waals surface area contributed by atoms with E-state index in [2.05, 4.69) is 83.9 Å². The maximum absolute atomic E-state index is 14.1. The van der Waals surface area contributed by atoms with Crippen molar-refractivity contribution in [3.8, 4) is 67.6 Å². The van der Waals surface area contributed by atoms with Gasteiger partial charge in [0.15, 0.2) is 45.8 Å². The molecule has 1 saturated heterocycles. The van der Waals surface area contributed by atoms with E-state index in [9.17, 15) is 67.9 Å². The molecule has 19 rings (SSSR count). The lowest BCUT2D eigenvalue weighted by molar-refractivity contribution is 0.00578. The number of hydrogen-bond acceptors (Lipinski definition) is 20. The number of hydrogen-bond donors (Lipinski definition) is 2. The molecule has 0 atom stereocenters. The van der Waals surface area contributed by atoms with Crippen LogP contribution >= 0.6 is 63.7 Å². The van der Waals surface area contributed by atoms with E-state index < -0.39 is 81.5 Å². The highest BCUT2D eigenvalue weighted by Gasteiger charge is 2.52. The monoisotopic (exact) mass is 2220 g/mol. The van der Waals surface area contributed by atoms with Gasteiger partial charge in [0.05, 0.1) is 75.1 Å². The molecule has 8 heterocycles. The number of benzene rings is 11. The lowest BCUT2D eigenvalue weighted by Crippen LogP contribution is -2.41. The van der Waals surface area contributed by atoms with Crippen molar-refractivity contribution in [3.63, 3.8) is 0 Å². The Balaban J connectivity index is 0.000000147. The van der Waals surface area contributed by atoms with E-state index in [1.807, 2.05) is 69.2 Å². The summed E-state index contributed by atoms with van der Waals surface area (Å²) >= 11 is 12.8. The number of aromatic nitrogens is 4. The zero-order valence-electron chi connectivity index (χ0n) is 78.9. The highest BCUT2D eigenvalue weighted by Crippen LogP contribution is 2.39. The van der Waals surface area contributed by atoms with Gasteiger partial charge in [0, 0.05) is 16.1 Å². The van der Waals surface area contributed by atoms with Gasteiger partial charge < -0.3 is 56.1 Å². The van der Waals surface area contributed by atoms with Crippen LogP contribution in [0.15, 0.2) is 286 Å². The van der Waals surface area contributed by atoms with E-state index in [0.717, 1.165) is 4.47 Å². The zero-order valence-corrected chi connectivity index (χ0v) is 85.2. The molecule has 143 heavy (non-hydrogen) atoms. The van der Waals surface area contributed by atoms with Crippen molar-refractivity contribution in [1.82, 2.24) is 20.2 Å². The van der Waals surface area contributed by atoms with Gasteiger partial charge in [0.25, 0.3) is 0 Å². The smallest absolute Gasteiger partial charge is 0.494 e. The highest BCUT2D eigenvalue weighted by molar-refractivity contribution is 9.11. The van der Waals surface area contributed by atoms with Gasteiger partial charge in [0.1, 0.15) is 147 Å². The van der Waals surface area contributed by atoms with Crippen molar-refractivity contribution in [2.24, 2.45) is 0 Å². The number of H-pyrrole nitrogens is 1. The number of nitrogens with one attached hydrogen (secondary N) is 1. The van der Waals surface area contributed by atoms with Crippen molar-refractivity contribution < 1.29 is 94.2 Å². The van der Waals surface area contributed by atoms with Crippen LogP contribution in [0, 0.1) is 78.9 Å². The largest absolute Gasteiger partial charge is 0.496 e. The van der Waals surface area contributed by atoms with E-state index in [1.54, 1.807) is 112 Å². The molecule has 0 radical (unpaired) electrons. The van der Waals surface area contributed by atoms with Crippen molar-refractivity contribution in [3.05, 3.63) is 378 Å². The third-order valence-electron chi connectivity index (χ3n) is 21.6. The number of aryl methyl sites for hydroxylation is 3. The van der Waals surface area contributed by atoms with Gasteiger partial charge in [0.2, 0.25) is 21.7 Å². The number of nitrogen functional groups attached to an aromatic ring is 1. The topological polar surface area (TPSA) is 287 Å². The maximum atomic E-state index is 14.1. The van der Waals surface area contributed by atoms with E-state index >= 15 is 0 Å². The Morgan fingerprint density at radius 1 is 0.399 bits per heavy atom. The summed E-state index contributed by atoms with van der Waals surface area (Å²) in [5.41, 5.74) is 8.63. The number of anilines is 1. The molecule has 0 bridgehead atoms. The average molecular weight is 2220 g/mol. The third-order valence-corrected chi connectivity index (χ3v) is 24.0. The molecule has 0 unspecified atom stereocenters. The number of alkyl halides is 2.